The molecule has 3 aromatic rings. The summed E-state index contributed by atoms with van der Waals surface area (Å²) in [5.74, 6) is 0. The quantitative estimate of drug-likeness (QED) is 0.644. The van der Waals surface area contributed by atoms with Crippen LogP contribution in [-0.4, -0.2) is 15.2 Å². The molecule has 0 saturated carbocycles. The lowest BCUT2D eigenvalue weighted by Crippen LogP contribution is -1.94. The summed E-state index contributed by atoms with van der Waals surface area (Å²) >= 11 is 0. The fourth-order valence-corrected chi connectivity index (χ4v) is 2.05. The van der Waals surface area contributed by atoms with Crippen molar-refractivity contribution in [2.75, 3.05) is 0 Å². The molecule has 0 saturated heterocycles. The van der Waals surface area contributed by atoms with Gasteiger partial charge in [-0.3, -0.25) is 0 Å². The number of aromatic nitrogens is 2. The van der Waals surface area contributed by atoms with E-state index in [9.17, 15) is 5.21 Å². The Labute approximate surface area is 98.9 Å². The summed E-state index contributed by atoms with van der Waals surface area (Å²) in [6.45, 7) is 2.03. The number of hydrogen-bond donors (Lipinski definition) is 1. The van der Waals surface area contributed by atoms with E-state index in [-0.39, 0.29) is 0 Å². The van der Waals surface area contributed by atoms with Crippen molar-refractivity contribution in [2.45, 2.75) is 6.92 Å². The molecule has 0 aliphatic carbocycles. The zero-order valence-corrected chi connectivity index (χ0v) is 9.46. The van der Waals surface area contributed by atoms with Crippen LogP contribution in [0.4, 0.5) is 0 Å². The standard InChI is InChI=1S/C14H12N2O/c1-10-7-8-13-12(9-10)14(16(17)15-13)11-5-3-2-4-6-11/h2-9,17H,1H3. The molecule has 0 unspecified atom stereocenters. The molecule has 3 rings (SSSR count). The van der Waals surface area contributed by atoms with Crippen LogP contribution in [0.3, 0.4) is 0 Å². The molecule has 0 spiro atoms. The summed E-state index contributed by atoms with van der Waals surface area (Å²) < 4.78 is 0. The molecule has 1 aromatic heterocycles. The molecule has 0 aliphatic heterocycles. The first-order valence-corrected chi connectivity index (χ1v) is 5.50. The van der Waals surface area contributed by atoms with E-state index in [1.54, 1.807) is 0 Å². The van der Waals surface area contributed by atoms with Gasteiger partial charge >= 0.3 is 0 Å². The van der Waals surface area contributed by atoms with Crippen LogP contribution in [-0.2, 0) is 0 Å². The molecular formula is C14H12N2O. The molecular weight excluding hydrogens is 212 g/mol. The predicted octanol–water partition coefficient (Wildman–Crippen LogP) is 3.25. The Morgan fingerprint density at radius 1 is 1.06 bits per heavy atom. The van der Waals surface area contributed by atoms with Gasteiger partial charge in [-0.15, -0.1) is 9.94 Å². The van der Waals surface area contributed by atoms with Gasteiger partial charge in [-0.25, -0.2) is 0 Å². The second-order valence-electron chi connectivity index (χ2n) is 4.12. The average molecular weight is 224 g/mol. The van der Waals surface area contributed by atoms with Gasteiger partial charge in [0.15, 0.2) is 0 Å². The third-order valence-corrected chi connectivity index (χ3v) is 2.86. The summed E-state index contributed by atoms with van der Waals surface area (Å²) in [6, 6.07) is 15.7. The summed E-state index contributed by atoms with van der Waals surface area (Å²) in [5.41, 5.74) is 3.66. The van der Waals surface area contributed by atoms with Gasteiger partial charge in [-0.05, 0) is 19.1 Å². The normalized spacial score (nSPS) is 10.9. The van der Waals surface area contributed by atoms with Crippen LogP contribution < -0.4 is 0 Å². The van der Waals surface area contributed by atoms with Gasteiger partial charge in [0, 0.05) is 10.9 Å². The highest BCUT2D eigenvalue weighted by Crippen LogP contribution is 2.28. The van der Waals surface area contributed by atoms with Gasteiger partial charge < -0.3 is 5.21 Å². The summed E-state index contributed by atoms with van der Waals surface area (Å²) in [4.78, 5) is 0.958. The molecule has 1 N–H and O–H groups in total. The third kappa shape index (κ3) is 1.56. The maximum absolute atomic E-state index is 9.88. The Morgan fingerprint density at radius 3 is 2.59 bits per heavy atom. The first kappa shape index (κ1) is 9.90. The number of fused-ring (bicyclic) bond motifs is 1. The van der Waals surface area contributed by atoms with Crippen molar-refractivity contribution in [3.05, 3.63) is 54.1 Å². The van der Waals surface area contributed by atoms with Crippen molar-refractivity contribution < 1.29 is 5.21 Å². The minimum Gasteiger partial charge on any atom is -0.411 e. The van der Waals surface area contributed by atoms with Crippen LogP contribution in [0, 0.1) is 6.92 Å². The van der Waals surface area contributed by atoms with E-state index in [4.69, 9.17) is 0 Å². The summed E-state index contributed by atoms with van der Waals surface area (Å²) in [5, 5.41) is 15.0. The van der Waals surface area contributed by atoms with Crippen LogP contribution in [0.2, 0.25) is 0 Å². The van der Waals surface area contributed by atoms with E-state index in [0.717, 1.165) is 32.6 Å². The van der Waals surface area contributed by atoms with Crippen molar-refractivity contribution in [3.63, 3.8) is 0 Å². The molecule has 3 nitrogen and oxygen atoms in total. The van der Waals surface area contributed by atoms with Gasteiger partial charge in [0.05, 0.1) is 5.52 Å². The molecule has 2 aromatic carbocycles. The Bertz CT molecular complexity index is 671. The van der Waals surface area contributed by atoms with Crippen LogP contribution in [0.15, 0.2) is 48.5 Å². The molecule has 0 atom stereocenters. The molecule has 84 valence electrons. The summed E-state index contributed by atoms with van der Waals surface area (Å²) in [6.07, 6.45) is 0. The van der Waals surface area contributed by atoms with E-state index in [1.807, 2.05) is 55.5 Å². The van der Waals surface area contributed by atoms with Gasteiger partial charge in [-0.2, -0.15) is 0 Å². The van der Waals surface area contributed by atoms with Crippen molar-refractivity contribution >= 4 is 10.9 Å². The second kappa shape index (κ2) is 3.63. The minimum absolute atomic E-state index is 0.740. The Balaban J connectivity index is 2.35. The SMILES string of the molecule is Cc1ccc2nn(O)c(-c3ccccc3)c2c1. The number of benzene rings is 2. The highest BCUT2D eigenvalue weighted by atomic mass is 16.5. The molecule has 0 radical (unpaired) electrons. The van der Waals surface area contributed by atoms with E-state index in [0.29, 0.717) is 0 Å². The largest absolute Gasteiger partial charge is 0.411 e. The van der Waals surface area contributed by atoms with Crippen LogP contribution in [0.25, 0.3) is 22.2 Å². The van der Waals surface area contributed by atoms with E-state index in [2.05, 4.69) is 5.10 Å². The highest BCUT2D eigenvalue weighted by molar-refractivity contribution is 5.93. The first-order chi connectivity index (χ1) is 8.25. The van der Waals surface area contributed by atoms with Crippen LogP contribution in [0.5, 0.6) is 0 Å². The van der Waals surface area contributed by atoms with Crippen LogP contribution in [0.1, 0.15) is 5.56 Å². The van der Waals surface area contributed by atoms with E-state index < -0.39 is 0 Å². The number of rotatable bonds is 1. The average Bonchev–Trinajstić information content (AvgIpc) is 2.65. The molecule has 17 heavy (non-hydrogen) atoms. The highest BCUT2D eigenvalue weighted by Gasteiger charge is 2.12. The topological polar surface area (TPSA) is 38.0 Å². The van der Waals surface area contributed by atoms with Gasteiger partial charge in [-0.1, -0.05) is 42.0 Å². The van der Waals surface area contributed by atoms with Gasteiger partial charge in [0.25, 0.3) is 0 Å². The number of aryl methyl sites for hydroxylation is 1. The fourth-order valence-electron chi connectivity index (χ4n) is 2.05. The maximum atomic E-state index is 9.88. The molecule has 0 amide bonds. The van der Waals surface area contributed by atoms with E-state index >= 15 is 0 Å². The Morgan fingerprint density at radius 2 is 1.82 bits per heavy atom. The minimum atomic E-state index is 0.740. The second-order valence-corrected chi connectivity index (χ2v) is 4.12. The predicted molar refractivity (Wildman–Crippen MR) is 67.1 cm³/mol. The molecule has 0 aliphatic rings. The van der Waals surface area contributed by atoms with Crippen molar-refractivity contribution in [1.82, 2.24) is 9.94 Å². The molecule has 0 fully saturated rings. The first-order valence-electron chi connectivity index (χ1n) is 5.50. The number of nitrogens with zero attached hydrogens (tertiary/aromatic N) is 2. The monoisotopic (exact) mass is 224 g/mol. The molecule has 0 bridgehead atoms. The van der Waals surface area contributed by atoms with Crippen molar-refractivity contribution in [2.24, 2.45) is 0 Å². The smallest absolute Gasteiger partial charge is 0.118 e. The van der Waals surface area contributed by atoms with Gasteiger partial charge in [0.2, 0.25) is 0 Å². The van der Waals surface area contributed by atoms with Crippen molar-refractivity contribution in [3.8, 4) is 11.3 Å². The van der Waals surface area contributed by atoms with E-state index in [1.165, 1.54) is 0 Å². The molecule has 3 heteroatoms. The van der Waals surface area contributed by atoms with Crippen molar-refractivity contribution in [1.29, 1.82) is 0 Å². The lowest BCUT2D eigenvalue weighted by molar-refractivity contribution is 0.155. The lowest BCUT2D eigenvalue weighted by Gasteiger charge is -2.01. The maximum Gasteiger partial charge on any atom is 0.118 e. The lowest BCUT2D eigenvalue weighted by atomic mass is 10.1. The Hall–Kier alpha value is -2.29. The zero-order valence-electron chi connectivity index (χ0n) is 9.46. The summed E-state index contributed by atoms with van der Waals surface area (Å²) in [7, 11) is 0. The fraction of sp³-hybridized carbons (Fsp3) is 0.0714. The van der Waals surface area contributed by atoms with Crippen LogP contribution >= 0.6 is 0 Å². The molecule has 1 heterocycles. The number of hydrogen-bond acceptors (Lipinski definition) is 2. The third-order valence-electron chi connectivity index (χ3n) is 2.86. The van der Waals surface area contributed by atoms with Gasteiger partial charge in [0.1, 0.15) is 5.69 Å². The Kier molecular flexibility index (Phi) is 2.11. The zero-order chi connectivity index (χ0) is 11.8.